The molecule has 0 amide bonds. The minimum absolute atomic E-state index is 0.0201. The molecule has 35 heavy (non-hydrogen) atoms. The van der Waals surface area contributed by atoms with Crippen molar-refractivity contribution in [2.75, 3.05) is 12.3 Å². The van der Waals surface area contributed by atoms with Crippen LogP contribution in [0.3, 0.4) is 0 Å². The zero-order chi connectivity index (χ0) is 23.9. The molecule has 4 atom stereocenters. The third kappa shape index (κ3) is 5.61. The molecule has 6 rings (SSSR count). The Hall–Kier alpha value is -2.26. The van der Waals surface area contributed by atoms with Gasteiger partial charge in [-0.15, -0.1) is 0 Å². The van der Waals surface area contributed by atoms with Gasteiger partial charge in [0.1, 0.15) is 0 Å². The molecule has 0 spiro atoms. The lowest BCUT2D eigenvalue weighted by molar-refractivity contribution is 0.640. The van der Waals surface area contributed by atoms with E-state index in [1.807, 2.05) is 0 Å². The zero-order valence-electron chi connectivity index (χ0n) is 20.8. The van der Waals surface area contributed by atoms with E-state index in [2.05, 4.69) is 128 Å². The molecule has 2 aliphatic rings. The molecular weight excluding hydrogens is 458 g/mol. The van der Waals surface area contributed by atoms with Gasteiger partial charge in [-0.3, -0.25) is 0 Å². The van der Waals surface area contributed by atoms with E-state index >= 15 is 0 Å². The second kappa shape index (κ2) is 11.6. The maximum absolute atomic E-state index is 2.47. The van der Waals surface area contributed by atoms with Crippen LogP contribution in [0.4, 0.5) is 0 Å². The van der Waals surface area contributed by atoms with E-state index < -0.39 is 0 Å². The topological polar surface area (TPSA) is 0 Å². The zero-order valence-corrected chi connectivity index (χ0v) is 22.6. The van der Waals surface area contributed by atoms with Gasteiger partial charge in [-0.1, -0.05) is 144 Å². The van der Waals surface area contributed by atoms with Gasteiger partial charge in [0.2, 0.25) is 0 Å². The standard InChI is InChI=1S/C17H19P.C16H17P/c1-17(15-9-4-2-5-10-15)13-8-14-18(17)16-11-6-3-7-12-16;1-3-8-14(9-4-1)16-12-7-13-17(16)15-10-5-2-6-11-15/h2-7,9-12H,8,13-14H2,1H3;1-6,8-11,16H,7,12-13H2. The van der Waals surface area contributed by atoms with E-state index in [9.17, 15) is 0 Å². The fraction of sp³-hybridized carbons (Fsp3) is 0.273. The van der Waals surface area contributed by atoms with Crippen molar-refractivity contribution in [2.24, 2.45) is 0 Å². The second-order valence-electron chi connectivity index (χ2n) is 9.83. The summed E-state index contributed by atoms with van der Waals surface area (Å²) in [6.45, 7) is 2.47. The molecule has 4 aromatic rings. The molecule has 0 aliphatic carbocycles. The van der Waals surface area contributed by atoms with Crippen LogP contribution in [-0.4, -0.2) is 12.3 Å². The van der Waals surface area contributed by atoms with Crippen molar-refractivity contribution in [1.82, 2.24) is 0 Å². The largest absolute Gasteiger partial charge is 0.0677 e. The smallest absolute Gasteiger partial charge is 0.0167 e. The molecule has 4 unspecified atom stereocenters. The van der Waals surface area contributed by atoms with E-state index in [4.69, 9.17) is 0 Å². The molecule has 4 aromatic carbocycles. The van der Waals surface area contributed by atoms with Crippen LogP contribution in [0.5, 0.6) is 0 Å². The predicted octanol–water partition coefficient (Wildman–Crippen LogP) is 8.83. The van der Waals surface area contributed by atoms with Crippen LogP contribution in [-0.2, 0) is 5.16 Å². The van der Waals surface area contributed by atoms with E-state index in [0.29, 0.717) is 5.16 Å². The van der Waals surface area contributed by atoms with Gasteiger partial charge in [-0.25, -0.2) is 0 Å². The first kappa shape index (κ1) is 24.4. The van der Waals surface area contributed by atoms with Gasteiger partial charge < -0.3 is 0 Å². The normalized spacial score (nSPS) is 25.6. The molecule has 178 valence electrons. The molecule has 2 heterocycles. The Morgan fingerprint density at radius 3 is 1.77 bits per heavy atom. The van der Waals surface area contributed by atoms with Crippen molar-refractivity contribution in [3.8, 4) is 0 Å². The third-order valence-corrected chi connectivity index (χ3v) is 14.1. The summed E-state index contributed by atoms with van der Waals surface area (Å²) in [4.78, 5) is 0. The Labute approximate surface area is 214 Å². The summed E-state index contributed by atoms with van der Waals surface area (Å²) in [5.74, 6) is 0. The second-order valence-corrected chi connectivity index (χ2v) is 15.2. The molecule has 0 aromatic heterocycles. The van der Waals surface area contributed by atoms with Crippen molar-refractivity contribution in [3.05, 3.63) is 132 Å². The minimum Gasteiger partial charge on any atom is -0.0677 e. The van der Waals surface area contributed by atoms with Gasteiger partial charge in [0, 0.05) is 10.8 Å². The van der Waals surface area contributed by atoms with Gasteiger partial charge >= 0.3 is 0 Å². The van der Waals surface area contributed by atoms with Crippen molar-refractivity contribution < 1.29 is 0 Å². The Balaban J connectivity index is 0.000000145. The molecule has 0 bridgehead atoms. The van der Waals surface area contributed by atoms with Gasteiger partial charge in [0.15, 0.2) is 0 Å². The molecule has 2 heteroatoms. The van der Waals surface area contributed by atoms with Crippen molar-refractivity contribution in [3.63, 3.8) is 0 Å². The lowest BCUT2D eigenvalue weighted by Gasteiger charge is -2.33. The van der Waals surface area contributed by atoms with Crippen LogP contribution in [0, 0.1) is 0 Å². The highest BCUT2D eigenvalue weighted by Gasteiger charge is 2.40. The van der Waals surface area contributed by atoms with Crippen LogP contribution < -0.4 is 10.6 Å². The van der Waals surface area contributed by atoms with Crippen LogP contribution in [0.2, 0.25) is 0 Å². The quantitative estimate of drug-likeness (QED) is 0.249. The first-order chi connectivity index (χ1) is 17.3. The molecule has 2 saturated heterocycles. The monoisotopic (exact) mass is 494 g/mol. The maximum atomic E-state index is 2.47. The average Bonchev–Trinajstić information content (AvgIpc) is 3.59. The first-order valence-electron chi connectivity index (χ1n) is 13.0. The van der Waals surface area contributed by atoms with Gasteiger partial charge in [0.25, 0.3) is 0 Å². The van der Waals surface area contributed by atoms with Crippen LogP contribution >= 0.6 is 15.8 Å². The van der Waals surface area contributed by atoms with Gasteiger partial charge in [0.05, 0.1) is 0 Å². The SMILES string of the molecule is CC1(c2ccccc2)CCCP1c1ccccc1.c1ccc(C2CCCP2c2ccccc2)cc1. The molecule has 2 aliphatic heterocycles. The molecular formula is C33H36P2. The Bertz CT molecular complexity index is 1120. The maximum Gasteiger partial charge on any atom is 0.0167 e. The predicted molar refractivity (Wildman–Crippen MR) is 157 cm³/mol. The lowest BCUT2D eigenvalue weighted by atomic mass is 9.96. The number of benzene rings is 4. The molecule has 0 saturated carbocycles. The Morgan fingerprint density at radius 2 is 1.14 bits per heavy atom. The Kier molecular flexibility index (Phi) is 8.13. The Morgan fingerprint density at radius 1 is 0.600 bits per heavy atom. The van der Waals surface area contributed by atoms with E-state index in [1.165, 1.54) is 43.6 Å². The van der Waals surface area contributed by atoms with E-state index in [1.54, 1.807) is 16.2 Å². The first-order valence-corrected chi connectivity index (χ1v) is 16.1. The van der Waals surface area contributed by atoms with E-state index in [-0.39, 0.29) is 15.8 Å². The summed E-state index contributed by atoms with van der Waals surface area (Å²) in [5, 5.41) is 3.52. The molecule has 0 radical (unpaired) electrons. The lowest BCUT2D eigenvalue weighted by Crippen LogP contribution is -2.20. The minimum atomic E-state index is -0.0620. The van der Waals surface area contributed by atoms with Crippen molar-refractivity contribution in [2.45, 2.75) is 43.4 Å². The molecule has 0 nitrogen and oxygen atoms in total. The van der Waals surface area contributed by atoms with Crippen LogP contribution in [0.15, 0.2) is 121 Å². The highest BCUT2D eigenvalue weighted by atomic mass is 31.1. The third-order valence-electron chi connectivity index (χ3n) is 7.63. The van der Waals surface area contributed by atoms with Crippen LogP contribution in [0.1, 0.15) is 49.4 Å². The summed E-state index contributed by atoms with van der Waals surface area (Å²) in [7, 11) is -0.0419. The fourth-order valence-electron chi connectivity index (χ4n) is 5.80. The van der Waals surface area contributed by atoms with Crippen molar-refractivity contribution in [1.29, 1.82) is 0 Å². The van der Waals surface area contributed by atoms with Crippen molar-refractivity contribution >= 4 is 26.5 Å². The highest BCUT2D eigenvalue weighted by Crippen LogP contribution is 2.62. The van der Waals surface area contributed by atoms with Gasteiger partial charge in [-0.05, 0) is 59.7 Å². The fourth-order valence-corrected chi connectivity index (χ4v) is 12.1. The molecule has 0 N–H and O–H groups in total. The number of hydrogen-bond acceptors (Lipinski definition) is 0. The average molecular weight is 495 g/mol. The summed E-state index contributed by atoms with van der Waals surface area (Å²) in [5.41, 5.74) is 3.85. The van der Waals surface area contributed by atoms with Gasteiger partial charge in [-0.2, -0.15) is 0 Å². The van der Waals surface area contributed by atoms with E-state index in [0.717, 1.165) is 5.66 Å². The number of hydrogen-bond donors (Lipinski definition) is 0. The molecule has 2 fully saturated rings. The highest BCUT2D eigenvalue weighted by molar-refractivity contribution is 7.67. The van der Waals surface area contributed by atoms with Crippen LogP contribution in [0.25, 0.3) is 0 Å². The summed E-state index contributed by atoms with van der Waals surface area (Å²) in [6, 6.07) is 44.4. The summed E-state index contributed by atoms with van der Waals surface area (Å²) in [6.07, 6.45) is 8.23. The number of rotatable bonds is 4. The summed E-state index contributed by atoms with van der Waals surface area (Å²) < 4.78 is 0. The summed E-state index contributed by atoms with van der Waals surface area (Å²) >= 11 is 0.